The lowest BCUT2D eigenvalue weighted by molar-refractivity contribution is -0.255. The fraction of sp³-hybridized carbons (Fsp3) is 0.143. The number of carboxylic acid groups (broad SMARTS) is 1. The Kier molecular flexibility index (Phi) is 8.05. The number of carboxylic acids is 1. The minimum Gasteiger partial charge on any atom is -0.545 e. The van der Waals surface area contributed by atoms with Crippen molar-refractivity contribution in [2.45, 2.75) is 24.7 Å². The number of benzene rings is 3. The summed E-state index contributed by atoms with van der Waals surface area (Å²) in [5, 5.41) is 14.0. The summed E-state index contributed by atoms with van der Waals surface area (Å²) in [4.78, 5) is 52.2. The molecule has 2 amide bonds. The average molecular weight is 516 g/mol. The van der Waals surface area contributed by atoms with E-state index in [1.807, 2.05) is 37.3 Å². The number of hydrogen-bond acceptors (Lipinski definition) is 8. The molecule has 3 aromatic carbocycles. The van der Waals surface area contributed by atoms with Crippen LogP contribution in [0.4, 0.5) is 11.4 Å². The SMILES string of the molecule is CCCCOC(=O)c1ccc(N2C(=O)C(Nc3ccc(C(=O)[O-])cc3)=C(Sc3ccccc3)C2=O)cc1. The zero-order valence-corrected chi connectivity index (χ0v) is 20.7. The average Bonchev–Trinajstić information content (AvgIpc) is 3.13. The van der Waals surface area contributed by atoms with Crippen molar-refractivity contribution in [3.63, 3.8) is 0 Å². The lowest BCUT2D eigenvalue weighted by atomic mass is 10.2. The Morgan fingerprint density at radius 3 is 2.16 bits per heavy atom. The van der Waals surface area contributed by atoms with Gasteiger partial charge in [0.15, 0.2) is 0 Å². The van der Waals surface area contributed by atoms with Gasteiger partial charge in [0.25, 0.3) is 11.8 Å². The highest BCUT2D eigenvalue weighted by Gasteiger charge is 2.40. The molecule has 0 bridgehead atoms. The van der Waals surface area contributed by atoms with Crippen LogP contribution in [-0.2, 0) is 14.3 Å². The van der Waals surface area contributed by atoms with Gasteiger partial charge in [-0.2, -0.15) is 0 Å². The van der Waals surface area contributed by atoms with Crippen molar-refractivity contribution in [1.82, 2.24) is 0 Å². The molecule has 0 radical (unpaired) electrons. The van der Waals surface area contributed by atoms with E-state index >= 15 is 0 Å². The fourth-order valence-electron chi connectivity index (χ4n) is 3.53. The first-order valence-electron chi connectivity index (χ1n) is 11.6. The van der Waals surface area contributed by atoms with Crippen LogP contribution in [0.1, 0.15) is 40.5 Å². The summed E-state index contributed by atoms with van der Waals surface area (Å²) in [5.74, 6) is -2.89. The first-order chi connectivity index (χ1) is 17.9. The van der Waals surface area contributed by atoms with Crippen LogP contribution >= 0.6 is 11.8 Å². The molecule has 0 fully saturated rings. The van der Waals surface area contributed by atoms with Crippen molar-refractivity contribution in [3.8, 4) is 0 Å². The maximum Gasteiger partial charge on any atom is 0.338 e. The molecule has 0 aliphatic carbocycles. The Bertz CT molecular complexity index is 1350. The molecule has 37 heavy (non-hydrogen) atoms. The summed E-state index contributed by atoms with van der Waals surface area (Å²) in [5.41, 5.74) is 1.09. The van der Waals surface area contributed by atoms with Crippen LogP contribution in [0.3, 0.4) is 0 Å². The molecule has 1 aliphatic rings. The summed E-state index contributed by atoms with van der Waals surface area (Å²) in [7, 11) is 0. The summed E-state index contributed by atoms with van der Waals surface area (Å²) in [6.45, 7) is 2.32. The van der Waals surface area contributed by atoms with E-state index < -0.39 is 23.8 Å². The Morgan fingerprint density at radius 1 is 0.892 bits per heavy atom. The Hall–Kier alpha value is -4.37. The minimum absolute atomic E-state index is 0.0119. The number of unbranched alkanes of at least 4 members (excludes halogenated alkanes) is 1. The van der Waals surface area contributed by atoms with Crippen molar-refractivity contribution < 1.29 is 29.0 Å². The van der Waals surface area contributed by atoms with Gasteiger partial charge in [0.1, 0.15) is 10.6 Å². The highest BCUT2D eigenvalue weighted by atomic mass is 32.2. The predicted molar refractivity (Wildman–Crippen MR) is 138 cm³/mol. The molecule has 0 spiro atoms. The molecule has 188 valence electrons. The highest BCUT2D eigenvalue weighted by molar-refractivity contribution is 8.04. The van der Waals surface area contributed by atoms with Crippen molar-refractivity contribution in [3.05, 3.63) is 101 Å². The van der Waals surface area contributed by atoms with E-state index in [1.165, 1.54) is 48.5 Å². The number of anilines is 2. The molecule has 1 aliphatic heterocycles. The van der Waals surface area contributed by atoms with Gasteiger partial charge in [0.2, 0.25) is 0 Å². The molecule has 8 nitrogen and oxygen atoms in total. The molecule has 1 N–H and O–H groups in total. The van der Waals surface area contributed by atoms with Crippen molar-refractivity contribution in [1.29, 1.82) is 0 Å². The Balaban J connectivity index is 1.61. The van der Waals surface area contributed by atoms with Gasteiger partial charge in [-0.05, 0) is 60.5 Å². The number of carbonyl (C=O) groups is 4. The van der Waals surface area contributed by atoms with Crippen LogP contribution in [0.15, 0.2) is 94.4 Å². The maximum absolute atomic E-state index is 13.5. The van der Waals surface area contributed by atoms with E-state index in [4.69, 9.17) is 4.74 Å². The third kappa shape index (κ3) is 5.90. The number of nitrogens with one attached hydrogen (secondary N) is 1. The first kappa shape index (κ1) is 25.7. The number of aromatic carboxylic acids is 1. The number of ether oxygens (including phenoxy) is 1. The van der Waals surface area contributed by atoms with Gasteiger partial charge in [0.05, 0.1) is 23.8 Å². The third-order valence-electron chi connectivity index (χ3n) is 5.49. The van der Waals surface area contributed by atoms with Crippen LogP contribution in [0.25, 0.3) is 0 Å². The lowest BCUT2D eigenvalue weighted by Crippen LogP contribution is -2.32. The molecule has 1 heterocycles. The summed E-state index contributed by atoms with van der Waals surface area (Å²) in [6.07, 6.45) is 1.67. The number of rotatable bonds is 10. The van der Waals surface area contributed by atoms with E-state index in [9.17, 15) is 24.3 Å². The quantitative estimate of drug-likeness (QED) is 0.245. The zero-order valence-electron chi connectivity index (χ0n) is 19.9. The standard InChI is InChI=1S/C28H24N2O6S/c1-2-3-17-36-28(35)19-11-15-21(16-12-19)30-25(31)23(29-20-13-9-18(10-14-20)27(33)34)24(26(30)32)37-22-7-5-4-6-8-22/h4-16,29H,2-3,17H2,1H3,(H,33,34)/p-1. The van der Waals surface area contributed by atoms with Crippen molar-refractivity contribution >= 4 is 46.9 Å². The number of esters is 1. The number of hydrogen-bond donors (Lipinski definition) is 1. The van der Waals surface area contributed by atoms with E-state index in [1.54, 1.807) is 0 Å². The van der Waals surface area contributed by atoms with E-state index in [-0.39, 0.29) is 16.2 Å². The van der Waals surface area contributed by atoms with E-state index in [0.29, 0.717) is 23.5 Å². The highest BCUT2D eigenvalue weighted by Crippen LogP contribution is 2.37. The van der Waals surface area contributed by atoms with Crippen molar-refractivity contribution in [2.24, 2.45) is 0 Å². The maximum atomic E-state index is 13.5. The Labute approximate surface area is 217 Å². The molecule has 3 aromatic rings. The van der Waals surface area contributed by atoms with Gasteiger partial charge >= 0.3 is 5.97 Å². The van der Waals surface area contributed by atoms with Crippen molar-refractivity contribution in [2.75, 3.05) is 16.8 Å². The molecular formula is C28H23N2O6S-. The smallest absolute Gasteiger partial charge is 0.338 e. The molecular weight excluding hydrogens is 492 g/mol. The van der Waals surface area contributed by atoms with E-state index in [0.717, 1.165) is 34.4 Å². The summed E-state index contributed by atoms with van der Waals surface area (Å²) in [6, 6.07) is 20.9. The fourth-order valence-corrected chi connectivity index (χ4v) is 4.48. The van der Waals surface area contributed by atoms with Crippen LogP contribution < -0.4 is 15.3 Å². The normalized spacial score (nSPS) is 13.2. The van der Waals surface area contributed by atoms with Crippen LogP contribution in [0.5, 0.6) is 0 Å². The van der Waals surface area contributed by atoms with Gasteiger partial charge in [-0.1, -0.05) is 55.4 Å². The third-order valence-corrected chi connectivity index (χ3v) is 6.58. The van der Waals surface area contributed by atoms with Crippen LogP contribution in [0, 0.1) is 0 Å². The molecule has 9 heteroatoms. The monoisotopic (exact) mass is 515 g/mol. The summed E-state index contributed by atoms with van der Waals surface area (Å²) < 4.78 is 5.22. The second-order valence-electron chi connectivity index (χ2n) is 8.09. The molecule has 0 aromatic heterocycles. The van der Waals surface area contributed by atoms with Gasteiger partial charge in [-0.3, -0.25) is 9.59 Å². The largest absolute Gasteiger partial charge is 0.545 e. The number of thioether (sulfide) groups is 1. The Morgan fingerprint density at radius 2 is 1.54 bits per heavy atom. The molecule has 0 atom stereocenters. The van der Waals surface area contributed by atoms with Crippen LogP contribution in [0.2, 0.25) is 0 Å². The predicted octanol–water partition coefficient (Wildman–Crippen LogP) is 4.00. The second kappa shape index (κ2) is 11.6. The van der Waals surface area contributed by atoms with Gasteiger partial charge in [-0.25, -0.2) is 9.69 Å². The molecule has 4 rings (SSSR count). The summed E-state index contributed by atoms with van der Waals surface area (Å²) >= 11 is 1.14. The molecule has 0 saturated heterocycles. The molecule has 0 unspecified atom stereocenters. The first-order valence-corrected chi connectivity index (χ1v) is 12.4. The number of carbonyl (C=O) groups excluding carboxylic acids is 4. The minimum atomic E-state index is -1.32. The molecule has 0 saturated carbocycles. The van der Waals surface area contributed by atoms with E-state index in [2.05, 4.69) is 5.32 Å². The topological polar surface area (TPSA) is 116 Å². The number of amides is 2. The van der Waals surface area contributed by atoms with Gasteiger partial charge < -0.3 is 20.0 Å². The number of nitrogens with zero attached hydrogens (tertiary/aromatic N) is 1. The van der Waals surface area contributed by atoms with Crippen LogP contribution in [-0.4, -0.2) is 30.4 Å². The zero-order chi connectivity index (χ0) is 26.4. The lowest BCUT2D eigenvalue weighted by Gasteiger charge is -2.16. The number of imide groups is 1. The van der Waals surface area contributed by atoms with Gasteiger partial charge in [-0.15, -0.1) is 0 Å². The van der Waals surface area contributed by atoms with Gasteiger partial charge in [0, 0.05) is 10.6 Å². The second-order valence-corrected chi connectivity index (χ2v) is 9.17.